The van der Waals surface area contributed by atoms with Crippen molar-refractivity contribution >= 4 is 28.8 Å². The Morgan fingerprint density at radius 1 is 0.778 bits per heavy atom. The summed E-state index contributed by atoms with van der Waals surface area (Å²) in [5.41, 5.74) is 4.63. The first-order valence-corrected chi connectivity index (χ1v) is 15.8. The number of hydrogen-bond acceptors (Lipinski definition) is 8. The minimum Gasteiger partial charge on any atom is -0.494 e. The van der Waals surface area contributed by atoms with Crippen LogP contribution >= 0.6 is 11.8 Å². The minimum absolute atomic E-state index is 0.0451. The molecule has 0 fully saturated rings. The standard InChI is InChI=1S/C36H39FO7S/c1-23-31-21-25(34(39)45-28-13-10-26(11-14-28)41-17-6-7-18-43-33(38)24(2)37)9-15-29(31)30-16-12-27(22-32(23)30)42-19-8-20-44-35(40)36(3,4)5/h9-16,21-23H,2,6-8,17-20H2,1,3-5H3. The fraction of sp³-hybridized carbons (Fsp3) is 0.361. The van der Waals surface area contributed by atoms with Gasteiger partial charge in [0.25, 0.3) is 0 Å². The average Bonchev–Trinajstić information content (AvgIpc) is 3.29. The van der Waals surface area contributed by atoms with Crippen LogP contribution in [0, 0.1) is 5.41 Å². The first-order chi connectivity index (χ1) is 21.4. The van der Waals surface area contributed by atoms with Crippen LogP contribution < -0.4 is 9.47 Å². The average molecular weight is 635 g/mol. The molecule has 0 radical (unpaired) electrons. The molecule has 1 aliphatic rings. The van der Waals surface area contributed by atoms with E-state index in [1.54, 1.807) is 0 Å². The van der Waals surface area contributed by atoms with Crippen LogP contribution in [-0.2, 0) is 19.1 Å². The fourth-order valence-corrected chi connectivity index (χ4v) is 5.46. The predicted octanol–water partition coefficient (Wildman–Crippen LogP) is 8.29. The highest BCUT2D eigenvalue weighted by Gasteiger charge is 2.27. The highest BCUT2D eigenvalue weighted by atomic mass is 32.2. The van der Waals surface area contributed by atoms with E-state index in [4.69, 9.17) is 18.9 Å². The number of hydrogen-bond donors (Lipinski definition) is 0. The molecule has 0 aliphatic heterocycles. The lowest BCUT2D eigenvalue weighted by Gasteiger charge is -2.16. The van der Waals surface area contributed by atoms with Gasteiger partial charge in [0, 0.05) is 22.8 Å². The van der Waals surface area contributed by atoms with E-state index >= 15 is 0 Å². The minimum atomic E-state index is -1.11. The predicted molar refractivity (Wildman–Crippen MR) is 172 cm³/mol. The number of ether oxygens (including phenoxy) is 4. The number of fused-ring (bicyclic) bond motifs is 3. The second kappa shape index (κ2) is 15.3. The fourth-order valence-electron chi connectivity index (χ4n) is 4.73. The van der Waals surface area contributed by atoms with Crippen LogP contribution in [0.1, 0.15) is 74.4 Å². The summed E-state index contributed by atoms with van der Waals surface area (Å²) in [6.45, 7) is 11.8. The van der Waals surface area contributed by atoms with E-state index in [0.717, 1.165) is 44.7 Å². The molecule has 1 atom stereocenters. The van der Waals surface area contributed by atoms with E-state index in [1.165, 1.54) is 0 Å². The second-order valence-corrected chi connectivity index (χ2v) is 12.9. The van der Waals surface area contributed by atoms with Gasteiger partial charge in [-0.2, -0.15) is 4.39 Å². The van der Waals surface area contributed by atoms with Crippen molar-refractivity contribution in [3.8, 4) is 22.6 Å². The van der Waals surface area contributed by atoms with E-state index in [0.29, 0.717) is 50.4 Å². The molecule has 0 spiro atoms. The quantitative estimate of drug-likeness (QED) is 0.0758. The maximum atomic E-state index is 13.2. The Morgan fingerprint density at radius 3 is 2.04 bits per heavy atom. The van der Waals surface area contributed by atoms with Crippen LogP contribution in [-0.4, -0.2) is 43.5 Å². The maximum Gasteiger partial charge on any atom is 0.366 e. The molecule has 0 aromatic heterocycles. The summed E-state index contributed by atoms with van der Waals surface area (Å²) in [5, 5.41) is -0.0451. The molecule has 1 unspecified atom stereocenters. The van der Waals surface area contributed by atoms with Crippen LogP contribution in [0.15, 0.2) is 78.0 Å². The van der Waals surface area contributed by atoms with Crippen LogP contribution in [0.3, 0.4) is 0 Å². The van der Waals surface area contributed by atoms with Crippen molar-refractivity contribution in [3.63, 3.8) is 0 Å². The van der Waals surface area contributed by atoms with Crippen LogP contribution in [0.2, 0.25) is 0 Å². The van der Waals surface area contributed by atoms with Crippen molar-refractivity contribution < 1.29 is 37.7 Å². The summed E-state index contributed by atoms with van der Waals surface area (Å²) in [4.78, 5) is 36.9. The lowest BCUT2D eigenvalue weighted by molar-refractivity contribution is -0.153. The maximum absolute atomic E-state index is 13.2. The van der Waals surface area contributed by atoms with Crippen molar-refractivity contribution in [2.24, 2.45) is 5.41 Å². The number of rotatable bonds is 14. The summed E-state index contributed by atoms with van der Waals surface area (Å²) in [5.74, 6) is -0.828. The zero-order chi connectivity index (χ0) is 32.6. The highest BCUT2D eigenvalue weighted by Crippen LogP contribution is 2.46. The number of carbonyl (C=O) groups is 3. The molecule has 45 heavy (non-hydrogen) atoms. The van der Waals surface area contributed by atoms with Crippen LogP contribution in [0.4, 0.5) is 4.39 Å². The zero-order valence-corrected chi connectivity index (χ0v) is 27.0. The number of esters is 2. The van der Waals surface area contributed by atoms with Gasteiger partial charge in [-0.1, -0.05) is 25.6 Å². The van der Waals surface area contributed by atoms with Gasteiger partial charge in [0.05, 0.1) is 31.8 Å². The van der Waals surface area contributed by atoms with Crippen LogP contribution in [0.5, 0.6) is 11.5 Å². The molecule has 0 heterocycles. The Hall–Kier alpha value is -4.11. The van der Waals surface area contributed by atoms with E-state index in [1.807, 2.05) is 69.3 Å². The molecule has 7 nitrogen and oxygen atoms in total. The molecule has 238 valence electrons. The van der Waals surface area contributed by atoms with Gasteiger partial charge in [-0.3, -0.25) is 9.59 Å². The van der Waals surface area contributed by atoms with E-state index in [2.05, 4.69) is 25.6 Å². The SMILES string of the molecule is C=C(F)C(=O)OCCCCOc1ccc(SC(=O)c2ccc3c(c2)C(C)c2cc(OCCCOC(=O)C(C)(C)C)ccc2-3)cc1. The van der Waals surface area contributed by atoms with Crippen molar-refractivity contribution in [2.45, 2.75) is 57.8 Å². The largest absolute Gasteiger partial charge is 0.494 e. The molecule has 0 bridgehead atoms. The van der Waals surface area contributed by atoms with E-state index in [-0.39, 0.29) is 23.6 Å². The van der Waals surface area contributed by atoms with Crippen LogP contribution in [0.25, 0.3) is 11.1 Å². The summed E-state index contributed by atoms with van der Waals surface area (Å²) in [6.07, 6.45) is 1.78. The number of carbonyl (C=O) groups excluding carboxylic acids is 3. The van der Waals surface area contributed by atoms with Crippen molar-refractivity contribution in [3.05, 3.63) is 89.8 Å². The summed E-state index contributed by atoms with van der Waals surface area (Å²) >= 11 is 1.16. The topological polar surface area (TPSA) is 88.1 Å². The van der Waals surface area contributed by atoms with E-state index in [9.17, 15) is 18.8 Å². The zero-order valence-electron chi connectivity index (χ0n) is 26.2. The highest BCUT2D eigenvalue weighted by molar-refractivity contribution is 8.14. The van der Waals surface area contributed by atoms with Crippen molar-refractivity contribution in [1.29, 1.82) is 0 Å². The molecule has 1 aliphatic carbocycles. The van der Waals surface area contributed by atoms with Gasteiger partial charge in [0.1, 0.15) is 11.5 Å². The van der Waals surface area contributed by atoms with Gasteiger partial charge >= 0.3 is 11.9 Å². The molecule has 9 heteroatoms. The normalized spacial score (nSPS) is 13.4. The third-order valence-corrected chi connectivity index (χ3v) is 8.16. The Kier molecular flexibility index (Phi) is 11.4. The summed E-state index contributed by atoms with van der Waals surface area (Å²) in [7, 11) is 0. The third kappa shape index (κ3) is 9.20. The number of thioether (sulfide) groups is 1. The lowest BCUT2D eigenvalue weighted by atomic mass is 9.97. The summed E-state index contributed by atoms with van der Waals surface area (Å²) < 4.78 is 34.3. The first-order valence-electron chi connectivity index (χ1n) is 15.0. The monoisotopic (exact) mass is 634 g/mol. The molecule has 3 aromatic carbocycles. The number of halogens is 1. The Labute approximate surface area is 268 Å². The molecule has 0 amide bonds. The molecular formula is C36H39FO7S. The van der Waals surface area contributed by atoms with Crippen molar-refractivity contribution in [2.75, 3.05) is 26.4 Å². The van der Waals surface area contributed by atoms with Gasteiger partial charge in [-0.05, 0) is 116 Å². The Balaban J connectivity index is 1.26. The number of unbranched alkanes of at least 4 members (excludes halogenated alkanes) is 1. The third-order valence-electron chi connectivity index (χ3n) is 7.23. The molecule has 0 N–H and O–H groups in total. The smallest absolute Gasteiger partial charge is 0.366 e. The first kappa shape index (κ1) is 33.8. The van der Waals surface area contributed by atoms with Crippen molar-refractivity contribution in [1.82, 2.24) is 0 Å². The molecule has 3 aromatic rings. The summed E-state index contributed by atoms with van der Waals surface area (Å²) in [6, 6.07) is 19.2. The Morgan fingerprint density at radius 2 is 1.36 bits per heavy atom. The molecule has 4 rings (SSSR count). The van der Waals surface area contributed by atoms with E-state index < -0.39 is 17.2 Å². The second-order valence-electron chi connectivity index (χ2n) is 11.8. The molecular weight excluding hydrogens is 595 g/mol. The molecule has 0 saturated heterocycles. The van der Waals surface area contributed by atoms with Gasteiger partial charge in [-0.15, -0.1) is 0 Å². The Bertz CT molecular complexity index is 1540. The molecule has 0 saturated carbocycles. The number of benzene rings is 3. The van der Waals surface area contributed by atoms with Gasteiger partial charge in [0.2, 0.25) is 10.9 Å². The lowest BCUT2D eigenvalue weighted by Crippen LogP contribution is -2.23. The van der Waals surface area contributed by atoms with Gasteiger partial charge in [0.15, 0.2) is 0 Å². The van der Waals surface area contributed by atoms with Gasteiger partial charge < -0.3 is 18.9 Å². The van der Waals surface area contributed by atoms with Gasteiger partial charge in [-0.25, -0.2) is 4.79 Å².